The number of likely N-dealkylation sites (tertiary alicyclic amines) is 1. The summed E-state index contributed by atoms with van der Waals surface area (Å²) >= 11 is 0. The molecule has 1 fully saturated rings. The minimum Gasteiger partial charge on any atom is -0.480 e. The molecule has 242 valence electrons. The standard InChI is InChI=1S/C35H40N4O7/c1-3-23(2)33(35(45)46)37-34(44)29-13-8-20-38(29)31(42)18-16-27(40)21-36-30(41)17-19-32(43)39-22-26-11-5-4-9-24(26)14-15-25-10-6-7-12-28(25)39/h4-7,9-12,23,29,33H,3,8,13,16-22H2,1-2H3,(H,36,41)(H,37,44)(H,45,46)/t23-,29-,33?/m0/s1. The van der Waals surface area contributed by atoms with Crippen LogP contribution in [0.2, 0.25) is 0 Å². The predicted molar refractivity (Wildman–Crippen MR) is 170 cm³/mol. The lowest BCUT2D eigenvalue weighted by atomic mass is 9.98. The number of carboxylic acid groups (broad SMARTS) is 1. The zero-order valence-electron chi connectivity index (χ0n) is 26.2. The fourth-order valence-corrected chi connectivity index (χ4v) is 5.60. The first-order valence-electron chi connectivity index (χ1n) is 15.7. The van der Waals surface area contributed by atoms with E-state index in [2.05, 4.69) is 22.5 Å². The van der Waals surface area contributed by atoms with Gasteiger partial charge in [-0.05, 0) is 42.5 Å². The molecule has 1 unspecified atom stereocenters. The third kappa shape index (κ3) is 8.59. The van der Waals surface area contributed by atoms with Crippen LogP contribution in [0.5, 0.6) is 0 Å². The monoisotopic (exact) mass is 628 g/mol. The molecule has 4 amide bonds. The molecule has 0 bridgehead atoms. The molecule has 2 aliphatic heterocycles. The summed E-state index contributed by atoms with van der Waals surface area (Å²) in [6, 6.07) is 13.1. The number of rotatable bonds is 13. The van der Waals surface area contributed by atoms with E-state index in [1.165, 1.54) is 4.90 Å². The van der Waals surface area contributed by atoms with Gasteiger partial charge in [-0.25, -0.2) is 4.79 Å². The van der Waals surface area contributed by atoms with Crippen molar-refractivity contribution in [3.05, 3.63) is 65.2 Å². The van der Waals surface area contributed by atoms with E-state index in [0.29, 0.717) is 43.6 Å². The molecule has 46 heavy (non-hydrogen) atoms. The highest BCUT2D eigenvalue weighted by Gasteiger charge is 2.36. The van der Waals surface area contributed by atoms with Crippen LogP contribution in [-0.4, -0.2) is 70.6 Å². The molecule has 11 heteroatoms. The summed E-state index contributed by atoms with van der Waals surface area (Å²) in [6.45, 7) is 3.95. The van der Waals surface area contributed by atoms with Crippen LogP contribution < -0.4 is 15.5 Å². The summed E-state index contributed by atoms with van der Waals surface area (Å²) in [6.07, 6.45) is 1.13. The Morgan fingerprint density at radius 2 is 1.59 bits per heavy atom. The number of carbonyl (C=O) groups excluding carboxylic acids is 5. The highest BCUT2D eigenvalue weighted by molar-refractivity contribution is 5.97. The maximum absolute atomic E-state index is 13.3. The second kappa shape index (κ2) is 15.8. The summed E-state index contributed by atoms with van der Waals surface area (Å²) in [7, 11) is 0. The number of Topliss-reactive ketones (excluding diaryl/α,β-unsaturated/α-hetero) is 1. The van der Waals surface area contributed by atoms with Crippen molar-refractivity contribution in [3.63, 3.8) is 0 Å². The zero-order chi connectivity index (χ0) is 33.2. The van der Waals surface area contributed by atoms with Crippen molar-refractivity contribution < 1.29 is 33.9 Å². The molecule has 2 aliphatic rings. The van der Waals surface area contributed by atoms with Crippen LogP contribution in [0.3, 0.4) is 0 Å². The SMILES string of the molecule is CC[C@H](C)C(NC(=O)[C@@H]1CCCN1C(=O)CCC(=O)CNC(=O)CCC(=O)N1Cc2ccccc2C#Cc2ccccc21)C(=O)O. The van der Waals surface area contributed by atoms with E-state index in [9.17, 15) is 33.9 Å². The van der Waals surface area contributed by atoms with Gasteiger partial charge in [0.05, 0.1) is 18.8 Å². The number of carboxylic acids is 1. The van der Waals surface area contributed by atoms with Gasteiger partial charge in [-0.3, -0.25) is 24.0 Å². The van der Waals surface area contributed by atoms with E-state index < -0.39 is 29.9 Å². The van der Waals surface area contributed by atoms with E-state index in [0.717, 1.165) is 11.1 Å². The second-order valence-electron chi connectivity index (χ2n) is 11.7. The molecule has 2 aromatic rings. The third-order valence-corrected chi connectivity index (χ3v) is 8.49. The Balaban J connectivity index is 1.24. The van der Waals surface area contributed by atoms with Gasteiger partial charge in [-0.1, -0.05) is 62.4 Å². The number of fused-ring (bicyclic) bond motifs is 2. The van der Waals surface area contributed by atoms with Crippen LogP contribution in [-0.2, 0) is 35.3 Å². The number of nitrogens with zero attached hydrogens (tertiary/aromatic N) is 2. The molecule has 0 radical (unpaired) electrons. The normalized spacial score (nSPS) is 16.3. The number of hydrogen-bond donors (Lipinski definition) is 3. The maximum atomic E-state index is 13.3. The van der Waals surface area contributed by atoms with Crippen LogP contribution >= 0.6 is 0 Å². The molecule has 0 spiro atoms. The fourth-order valence-electron chi connectivity index (χ4n) is 5.60. The number of hydrogen-bond acceptors (Lipinski definition) is 6. The average Bonchev–Trinajstić information content (AvgIpc) is 3.55. The van der Waals surface area contributed by atoms with E-state index in [1.807, 2.05) is 55.5 Å². The lowest BCUT2D eigenvalue weighted by Crippen LogP contribution is -2.52. The van der Waals surface area contributed by atoms with Crippen molar-refractivity contribution in [1.82, 2.24) is 15.5 Å². The summed E-state index contributed by atoms with van der Waals surface area (Å²) in [5.41, 5.74) is 3.12. The summed E-state index contributed by atoms with van der Waals surface area (Å²) in [5, 5.41) is 14.6. The lowest BCUT2D eigenvalue weighted by Gasteiger charge is -2.27. The number of anilines is 1. The van der Waals surface area contributed by atoms with Gasteiger partial charge in [0.25, 0.3) is 0 Å². The number of aliphatic carboxylic acids is 1. The molecule has 0 aliphatic carbocycles. The molecule has 3 atom stereocenters. The lowest BCUT2D eigenvalue weighted by molar-refractivity contribution is -0.145. The van der Waals surface area contributed by atoms with Gasteiger partial charge in [0.2, 0.25) is 23.6 Å². The highest BCUT2D eigenvalue weighted by atomic mass is 16.4. The topological polar surface area (TPSA) is 153 Å². The molecule has 4 rings (SSSR count). The molecule has 2 aromatic carbocycles. The largest absolute Gasteiger partial charge is 0.480 e. The molecule has 11 nitrogen and oxygen atoms in total. The minimum atomic E-state index is -1.13. The van der Waals surface area contributed by atoms with E-state index in [1.54, 1.807) is 11.8 Å². The Labute approximate surface area is 268 Å². The van der Waals surface area contributed by atoms with Crippen molar-refractivity contribution in [2.24, 2.45) is 5.92 Å². The maximum Gasteiger partial charge on any atom is 0.326 e. The van der Waals surface area contributed by atoms with Crippen molar-refractivity contribution >= 4 is 41.1 Å². The van der Waals surface area contributed by atoms with E-state index in [-0.39, 0.29) is 55.7 Å². The Hall–Kier alpha value is -4.98. The number of carbonyl (C=O) groups is 6. The average molecular weight is 629 g/mol. The van der Waals surface area contributed by atoms with Gasteiger partial charge in [0, 0.05) is 43.4 Å². The Morgan fingerprint density at radius 1 is 0.913 bits per heavy atom. The van der Waals surface area contributed by atoms with Crippen molar-refractivity contribution in [3.8, 4) is 11.8 Å². The summed E-state index contributed by atoms with van der Waals surface area (Å²) < 4.78 is 0. The number of amides is 4. The molecule has 0 saturated carbocycles. The molecule has 2 heterocycles. The first-order chi connectivity index (χ1) is 22.1. The van der Waals surface area contributed by atoms with Crippen molar-refractivity contribution in [2.45, 2.75) is 77.4 Å². The van der Waals surface area contributed by atoms with Gasteiger partial charge < -0.3 is 25.5 Å². The van der Waals surface area contributed by atoms with Crippen LogP contribution in [0.4, 0.5) is 5.69 Å². The quantitative estimate of drug-likeness (QED) is 0.289. The van der Waals surface area contributed by atoms with Crippen LogP contribution in [0.25, 0.3) is 0 Å². The molecule has 3 N–H and O–H groups in total. The highest BCUT2D eigenvalue weighted by Crippen LogP contribution is 2.26. The number of ketones is 1. The van der Waals surface area contributed by atoms with Crippen LogP contribution in [0, 0.1) is 17.8 Å². The van der Waals surface area contributed by atoms with Gasteiger partial charge in [0.15, 0.2) is 5.78 Å². The number of benzene rings is 2. The van der Waals surface area contributed by atoms with Gasteiger partial charge in [-0.15, -0.1) is 0 Å². The van der Waals surface area contributed by atoms with Crippen molar-refractivity contribution in [1.29, 1.82) is 0 Å². The van der Waals surface area contributed by atoms with Crippen LogP contribution in [0.15, 0.2) is 48.5 Å². The molecule has 1 saturated heterocycles. The summed E-state index contributed by atoms with van der Waals surface area (Å²) in [5.74, 6) is 2.95. The molecular formula is C35H40N4O7. The van der Waals surface area contributed by atoms with E-state index >= 15 is 0 Å². The Morgan fingerprint density at radius 3 is 2.33 bits per heavy atom. The second-order valence-corrected chi connectivity index (χ2v) is 11.7. The number of nitrogens with one attached hydrogen (secondary N) is 2. The zero-order valence-corrected chi connectivity index (χ0v) is 26.2. The Kier molecular flexibility index (Phi) is 11.7. The minimum absolute atomic E-state index is 0.0688. The molecule has 0 aromatic heterocycles. The van der Waals surface area contributed by atoms with E-state index in [4.69, 9.17) is 0 Å². The Bertz CT molecular complexity index is 1560. The fraction of sp³-hybridized carbons (Fsp3) is 0.429. The van der Waals surface area contributed by atoms with Gasteiger partial charge >= 0.3 is 5.97 Å². The third-order valence-electron chi connectivity index (χ3n) is 8.49. The van der Waals surface area contributed by atoms with Gasteiger partial charge in [-0.2, -0.15) is 0 Å². The smallest absolute Gasteiger partial charge is 0.326 e. The molecular weight excluding hydrogens is 588 g/mol. The first-order valence-corrected chi connectivity index (χ1v) is 15.7. The van der Waals surface area contributed by atoms with Crippen LogP contribution in [0.1, 0.15) is 75.5 Å². The summed E-state index contributed by atoms with van der Waals surface area (Å²) in [4.78, 5) is 78.8. The number of para-hydroxylation sites is 1. The van der Waals surface area contributed by atoms with Crippen molar-refractivity contribution in [2.75, 3.05) is 18.0 Å². The predicted octanol–water partition coefficient (Wildman–Crippen LogP) is 2.79. The van der Waals surface area contributed by atoms with Gasteiger partial charge in [0.1, 0.15) is 12.1 Å². The first kappa shape index (κ1) is 33.9.